The van der Waals surface area contributed by atoms with E-state index in [0.29, 0.717) is 30.9 Å². The van der Waals surface area contributed by atoms with Gasteiger partial charge in [0.05, 0.1) is 36.8 Å². The van der Waals surface area contributed by atoms with Crippen LogP contribution in [0.1, 0.15) is 56.2 Å². The molecule has 2 aliphatic carbocycles. The van der Waals surface area contributed by atoms with Crippen molar-refractivity contribution in [3.63, 3.8) is 0 Å². The average Bonchev–Trinajstić information content (AvgIpc) is 3.74. The molecule has 0 N–H and O–H groups in total. The Labute approximate surface area is 290 Å². The topological polar surface area (TPSA) is 116 Å². The molecule has 8 rings (SSSR count). The summed E-state index contributed by atoms with van der Waals surface area (Å²) < 4.78 is 76.5. The number of pyridine rings is 1. The Bertz CT molecular complexity index is 1860. The Morgan fingerprint density at radius 3 is 2.62 bits per heavy atom. The van der Waals surface area contributed by atoms with E-state index in [1.54, 1.807) is 34.0 Å². The van der Waals surface area contributed by atoms with E-state index in [-0.39, 0.29) is 61.7 Å². The van der Waals surface area contributed by atoms with Crippen molar-refractivity contribution >= 4 is 27.9 Å². The molecule has 1 aromatic carbocycles. The van der Waals surface area contributed by atoms with Crippen LogP contribution in [0, 0.1) is 17.2 Å². The Kier molecular flexibility index (Phi) is 8.98. The number of ether oxygens (including phenoxy) is 3. The van der Waals surface area contributed by atoms with Gasteiger partial charge in [-0.25, -0.2) is 26.9 Å². The fourth-order valence-electron chi connectivity index (χ4n) is 7.85. The fraction of sp³-hybridized carbons (Fsp3) is 0.528. The maximum atomic E-state index is 14.3. The van der Waals surface area contributed by atoms with E-state index in [2.05, 4.69) is 10.1 Å². The lowest BCUT2D eigenvalue weighted by Crippen LogP contribution is -2.54. The summed E-state index contributed by atoms with van der Waals surface area (Å²) in [7, 11) is -4.04. The Morgan fingerprint density at radius 2 is 1.90 bits per heavy atom. The van der Waals surface area contributed by atoms with Crippen LogP contribution in [0.3, 0.4) is 0 Å². The number of hydrogen-bond donors (Lipinski definition) is 0. The Morgan fingerprint density at radius 1 is 1.06 bits per heavy atom. The monoisotopic (exact) mass is 709 g/mol. The summed E-state index contributed by atoms with van der Waals surface area (Å²) in [6.07, 6.45) is 9.38. The van der Waals surface area contributed by atoms with E-state index < -0.39 is 27.6 Å². The van der Waals surface area contributed by atoms with Crippen LogP contribution in [0.2, 0.25) is 0 Å². The standard InChI is InChI=1S/C36H41F2N5O6S/c37-27-4-6-29(7-5-27)43-32-17-26-10-13-42(50(45,46)31-8-9-33(39-20-31)41-12-11-28(38)21-41)23-36(26,18-25(32)19-40-43)35(44)48-22-24-15-30(16-24)49-34-3-1-2-14-47-34/h4-9,17,19-20,24,28,30,34H,1-3,10-16,18,21-23H2/t24?,28-,30?,34?,36+/m1/s1. The molecule has 0 spiro atoms. The van der Waals surface area contributed by atoms with Crippen LogP contribution in [-0.2, 0) is 35.4 Å². The number of sulfonamides is 1. The predicted octanol–water partition coefficient (Wildman–Crippen LogP) is 4.84. The molecule has 1 unspecified atom stereocenters. The largest absolute Gasteiger partial charge is 0.465 e. The van der Waals surface area contributed by atoms with E-state index in [9.17, 15) is 22.0 Å². The van der Waals surface area contributed by atoms with E-state index in [4.69, 9.17) is 14.2 Å². The van der Waals surface area contributed by atoms with E-state index in [0.717, 1.165) is 55.5 Å². The van der Waals surface area contributed by atoms with Crippen LogP contribution in [0.15, 0.2) is 59.3 Å². The van der Waals surface area contributed by atoms with Crippen molar-refractivity contribution in [3.05, 3.63) is 71.4 Å². The minimum absolute atomic E-state index is 0.0104. The predicted molar refractivity (Wildman–Crippen MR) is 179 cm³/mol. The molecule has 3 atom stereocenters. The molecule has 0 radical (unpaired) electrons. The number of halogens is 2. The number of fused-ring (bicyclic) bond motifs is 2. The van der Waals surface area contributed by atoms with E-state index in [1.165, 1.54) is 28.7 Å². The van der Waals surface area contributed by atoms with Gasteiger partial charge in [-0.1, -0.05) is 0 Å². The SMILES string of the molecule is O=C(OCC1CC(OC2CCCCO2)C1)[C@]12Cc3cnn(-c4ccc(F)cc4)c3C=C1CCN(S(=O)(=O)c1ccc(N3CC[C@@H](F)C3)nc1)C2. The maximum absolute atomic E-state index is 14.3. The Balaban J connectivity index is 1.02. The Hall–Kier alpha value is -3.72. The molecule has 3 aliphatic heterocycles. The number of carbonyl (C=O) groups is 1. The number of nitrogens with zero attached hydrogens (tertiary/aromatic N) is 5. The van der Waals surface area contributed by atoms with Crippen molar-refractivity contribution in [1.29, 1.82) is 0 Å². The van der Waals surface area contributed by atoms with Gasteiger partial charge in [0.2, 0.25) is 10.0 Å². The van der Waals surface area contributed by atoms with Crippen LogP contribution < -0.4 is 4.90 Å². The molecular formula is C36H41F2N5O6S. The molecule has 0 amide bonds. The lowest BCUT2D eigenvalue weighted by atomic mass is 9.68. The third-order valence-electron chi connectivity index (χ3n) is 10.8. The quantitative estimate of drug-likeness (QED) is 0.288. The van der Waals surface area contributed by atoms with Crippen LogP contribution in [-0.4, -0.2) is 91.4 Å². The van der Waals surface area contributed by atoms with E-state index in [1.807, 2.05) is 6.08 Å². The highest BCUT2D eigenvalue weighted by molar-refractivity contribution is 7.89. The van der Waals surface area contributed by atoms with Gasteiger partial charge in [-0.15, -0.1) is 0 Å². The maximum Gasteiger partial charge on any atom is 0.317 e. The molecule has 14 heteroatoms. The molecule has 3 aromatic rings. The second-order valence-corrected chi connectivity index (χ2v) is 16.1. The van der Waals surface area contributed by atoms with Crippen LogP contribution in [0.4, 0.5) is 14.6 Å². The molecule has 5 aliphatic rings. The molecule has 11 nitrogen and oxygen atoms in total. The number of benzene rings is 1. The minimum atomic E-state index is -4.04. The summed E-state index contributed by atoms with van der Waals surface area (Å²) in [5.41, 5.74) is 1.72. The molecule has 5 heterocycles. The number of esters is 1. The normalized spacial score (nSPS) is 28.4. The van der Waals surface area contributed by atoms with Crippen molar-refractivity contribution in [3.8, 4) is 5.69 Å². The van der Waals surface area contributed by atoms with Crippen LogP contribution in [0.5, 0.6) is 0 Å². The zero-order valence-electron chi connectivity index (χ0n) is 27.8. The minimum Gasteiger partial charge on any atom is -0.465 e. The lowest BCUT2D eigenvalue weighted by molar-refractivity contribution is -0.213. The van der Waals surface area contributed by atoms with Crippen molar-refractivity contribution in [2.75, 3.05) is 44.3 Å². The average molecular weight is 710 g/mol. The second-order valence-electron chi connectivity index (χ2n) is 14.1. The molecule has 2 aromatic heterocycles. The number of aromatic nitrogens is 3. The first-order chi connectivity index (χ1) is 24.2. The van der Waals surface area contributed by atoms with E-state index >= 15 is 0 Å². The van der Waals surface area contributed by atoms with Gasteiger partial charge in [0.1, 0.15) is 28.1 Å². The zero-order valence-corrected chi connectivity index (χ0v) is 28.6. The van der Waals surface area contributed by atoms with Crippen molar-refractivity contribution in [2.45, 2.75) is 74.8 Å². The zero-order chi connectivity index (χ0) is 34.5. The third-order valence-corrected chi connectivity index (χ3v) is 12.6. The van der Waals surface area contributed by atoms with Gasteiger partial charge in [-0.3, -0.25) is 4.79 Å². The molecule has 3 saturated heterocycles. The number of carbonyl (C=O) groups excluding carboxylic acids is 1. The summed E-state index contributed by atoms with van der Waals surface area (Å²) in [4.78, 5) is 20.5. The van der Waals surface area contributed by atoms with Gasteiger partial charge in [-0.05, 0) is 111 Å². The smallest absolute Gasteiger partial charge is 0.317 e. The van der Waals surface area contributed by atoms with Gasteiger partial charge in [0, 0.05) is 32.4 Å². The highest BCUT2D eigenvalue weighted by Crippen LogP contribution is 2.47. The molecule has 4 fully saturated rings. The second kappa shape index (κ2) is 13.4. The number of hydrogen-bond acceptors (Lipinski definition) is 9. The number of piperidine rings is 1. The first-order valence-electron chi connectivity index (χ1n) is 17.5. The van der Waals surface area contributed by atoms with Crippen molar-refractivity contribution < 1.29 is 36.2 Å². The number of rotatable bonds is 9. The summed E-state index contributed by atoms with van der Waals surface area (Å²) in [5, 5.41) is 4.57. The van der Waals surface area contributed by atoms with Crippen molar-refractivity contribution in [2.24, 2.45) is 11.3 Å². The third kappa shape index (κ3) is 6.35. The molecule has 266 valence electrons. The first kappa shape index (κ1) is 33.4. The van der Waals surface area contributed by atoms with Gasteiger partial charge in [0.15, 0.2) is 6.29 Å². The van der Waals surface area contributed by atoms with Gasteiger partial charge < -0.3 is 19.1 Å². The van der Waals surface area contributed by atoms with Crippen molar-refractivity contribution in [1.82, 2.24) is 19.1 Å². The van der Waals surface area contributed by atoms with Gasteiger partial charge in [0.25, 0.3) is 0 Å². The number of alkyl halides is 1. The summed E-state index contributed by atoms with van der Waals surface area (Å²) in [5.74, 6) is -0.148. The fourth-order valence-corrected chi connectivity index (χ4v) is 9.30. The molecular weight excluding hydrogens is 668 g/mol. The summed E-state index contributed by atoms with van der Waals surface area (Å²) in [6.45, 7) is 1.74. The molecule has 0 bridgehead atoms. The lowest BCUT2D eigenvalue weighted by Gasteiger charge is -2.44. The molecule has 1 saturated carbocycles. The van der Waals surface area contributed by atoms with Crippen LogP contribution in [0.25, 0.3) is 11.8 Å². The number of anilines is 1. The van der Waals surface area contributed by atoms with Gasteiger partial charge in [-0.2, -0.15) is 9.40 Å². The van der Waals surface area contributed by atoms with Crippen LogP contribution >= 0.6 is 0 Å². The highest BCUT2D eigenvalue weighted by Gasteiger charge is 2.52. The summed E-state index contributed by atoms with van der Waals surface area (Å²) in [6, 6.07) is 9.12. The summed E-state index contributed by atoms with van der Waals surface area (Å²) >= 11 is 0. The van der Waals surface area contributed by atoms with Gasteiger partial charge >= 0.3 is 5.97 Å². The highest BCUT2D eigenvalue weighted by atomic mass is 32.2. The first-order valence-corrected chi connectivity index (χ1v) is 19.0. The molecule has 50 heavy (non-hydrogen) atoms.